The van der Waals surface area contributed by atoms with Gasteiger partial charge in [-0.1, -0.05) is 18.2 Å². The Kier molecular flexibility index (Phi) is 4.52. The smallest absolute Gasteiger partial charge is 0.335 e. The highest BCUT2D eigenvalue weighted by Crippen LogP contribution is 2.33. The minimum absolute atomic E-state index is 0.315. The first-order valence-electron chi connectivity index (χ1n) is 7.39. The van der Waals surface area contributed by atoms with Crippen LogP contribution in [0, 0.1) is 0 Å². The number of nitrogens with zero attached hydrogens (tertiary/aromatic N) is 2. The minimum atomic E-state index is -0.703. The molecule has 5 nitrogen and oxygen atoms in total. The van der Waals surface area contributed by atoms with Crippen molar-refractivity contribution >= 4 is 27.8 Å². The molecular formula is C17H17BrN2O3. The van der Waals surface area contributed by atoms with Crippen LogP contribution in [-0.2, 0) is 21.3 Å². The van der Waals surface area contributed by atoms with Crippen LogP contribution in [-0.4, -0.2) is 29.1 Å². The summed E-state index contributed by atoms with van der Waals surface area (Å²) in [6.07, 6.45) is -0.499. The Hall–Kier alpha value is -2.08. The van der Waals surface area contributed by atoms with Crippen LogP contribution in [0.5, 0.6) is 0 Å². The number of carbonyl (C=O) groups excluding carboxylic acids is 1. The molecule has 0 spiro atoms. The van der Waals surface area contributed by atoms with Gasteiger partial charge in [-0.25, -0.2) is 9.79 Å². The van der Waals surface area contributed by atoms with Crippen LogP contribution in [0.2, 0.25) is 0 Å². The number of hydrogen-bond acceptors (Lipinski definition) is 4. The highest BCUT2D eigenvalue weighted by Gasteiger charge is 2.40. The molecule has 1 aliphatic heterocycles. The molecule has 2 aromatic rings. The van der Waals surface area contributed by atoms with Gasteiger partial charge in [0.2, 0.25) is 5.90 Å². The highest BCUT2D eigenvalue weighted by molar-refractivity contribution is 9.10. The minimum Gasteiger partial charge on any atom is -0.465 e. The molecule has 0 saturated carbocycles. The lowest BCUT2D eigenvalue weighted by atomic mass is 10.1. The molecule has 120 valence electrons. The lowest BCUT2D eigenvalue weighted by molar-refractivity contribution is -0.146. The Balaban J connectivity index is 1.96. The van der Waals surface area contributed by atoms with Crippen molar-refractivity contribution in [3.8, 4) is 0 Å². The molecule has 0 fully saturated rings. The van der Waals surface area contributed by atoms with E-state index in [9.17, 15) is 4.79 Å². The summed E-state index contributed by atoms with van der Waals surface area (Å²) >= 11 is 3.46. The van der Waals surface area contributed by atoms with Crippen LogP contribution in [0.1, 0.15) is 24.3 Å². The Morgan fingerprint density at radius 1 is 1.30 bits per heavy atom. The number of aliphatic imine (C=N–C) groups is 1. The third-order valence-corrected chi connectivity index (χ3v) is 4.52. The zero-order valence-corrected chi connectivity index (χ0v) is 14.5. The van der Waals surface area contributed by atoms with E-state index >= 15 is 0 Å². The van der Waals surface area contributed by atoms with Crippen molar-refractivity contribution in [1.82, 2.24) is 4.57 Å². The van der Waals surface area contributed by atoms with Gasteiger partial charge < -0.3 is 14.0 Å². The van der Waals surface area contributed by atoms with Crippen molar-refractivity contribution in [2.45, 2.75) is 19.1 Å². The van der Waals surface area contributed by atoms with Crippen molar-refractivity contribution in [2.24, 2.45) is 12.0 Å². The van der Waals surface area contributed by atoms with Gasteiger partial charge in [0.25, 0.3) is 0 Å². The van der Waals surface area contributed by atoms with Gasteiger partial charge in [0.1, 0.15) is 0 Å². The van der Waals surface area contributed by atoms with Gasteiger partial charge in [-0.3, -0.25) is 0 Å². The van der Waals surface area contributed by atoms with E-state index < -0.39 is 12.1 Å². The fourth-order valence-electron chi connectivity index (χ4n) is 2.55. The maximum atomic E-state index is 12.3. The molecule has 2 unspecified atom stereocenters. The molecule has 1 aromatic heterocycles. The first-order valence-corrected chi connectivity index (χ1v) is 8.18. The zero-order chi connectivity index (χ0) is 16.4. The molecular weight excluding hydrogens is 360 g/mol. The van der Waals surface area contributed by atoms with Crippen LogP contribution >= 0.6 is 15.9 Å². The van der Waals surface area contributed by atoms with E-state index in [4.69, 9.17) is 9.47 Å². The van der Waals surface area contributed by atoms with Crippen molar-refractivity contribution in [3.05, 3.63) is 58.3 Å². The summed E-state index contributed by atoms with van der Waals surface area (Å²) in [6, 6.07) is 12.7. The average molecular weight is 377 g/mol. The van der Waals surface area contributed by atoms with Gasteiger partial charge in [-0.15, -0.1) is 0 Å². The number of rotatable bonds is 4. The second kappa shape index (κ2) is 6.58. The van der Waals surface area contributed by atoms with Gasteiger partial charge in [-0.2, -0.15) is 0 Å². The Morgan fingerprint density at radius 3 is 2.65 bits per heavy atom. The maximum absolute atomic E-state index is 12.3. The van der Waals surface area contributed by atoms with E-state index in [2.05, 4.69) is 20.9 Å². The van der Waals surface area contributed by atoms with E-state index in [1.165, 1.54) is 0 Å². The maximum Gasteiger partial charge on any atom is 0.335 e. The lowest BCUT2D eigenvalue weighted by Crippen LogP contribution is -2.27. The van der Waals surface area contributed by atoms with E-state index in [0.29, 0.717) is 12.5 Å². The van der Waals surface area contributed by atoms with E-state index in [0.717, 1.165) is 15.9 Å². The van der Waals surface area contributed by atoms with Gasteiger partial charge in [0, 0.05) is 12.6 Å². The summed E-state index contributed by atoms with van der Waals surface area (Å²) in [6.45, 7) is 2.10. The summed E-state index contributed by atoms with van der Waals surface area (Å²) in [7, 11) is 1.91. The Morgan fingerprint density at radius 2 is 2.04 bits per heavy atom. The molecule has 23 heavy (non-hydrogen) atoms. The fraction of sp³-hybridized carbons (Fsp3) is 0.294. The standard InChI is InChI=1S/C17H17BrN2O3/c1-3-22-17(21)14-15(12-9-10-13(18)20(12)2)23-16(19-14)11-7-5-4-6-8-11/h4-10,14-15H,3H2,1-2H3. The number of aromatic nitrogens is 1. The first-order chi connectivity index (χ1) is 11.1. The summed E-state index contributed by atoms with van der Waals surface area (Å²) in [5, 5.41) is 0. The van der Waals surface area contributed by atoms with Gasteiger partial charge >= 0.3 is 5.97 Å². The van der Waals surface area contributed by atoms with E-state index in [1.807, 2.05) is 54.1 Å². The summed E-state index contributed by atoms with van der Waals surface area (Å²) < 4.78 is 14.0. The van der Waals surface area contributed by atoms with Crippen LogP contribution < -0.4 is 0 Å². The van der Waals surface area contributed by atoms with Crippen LogP contribution in [0.4, 0.5) is 0 Å². The predicted octanol–water partition coefficient (Wildman–Crippen LogP) is 3.24. The summed E-state index contributed by atoms with van der Waals surface area (Å²) in [5.74, 6) is 0.0896. The third kappa shape index (κ3) is 3.03. The molecule has 6 heteroatoms. The number of halogens is 1. The van der Waals surface area contributed by atoms with Gasteiger partial charge in [-0.05, 0) is 47.1 Å². The molecule has 2 atom stereocenters. The Bertz CT molecular complexity index is 740. The van der Waals surface area contributed by atoms with Gasteiger partial charge in [0.05, 0.1) is 16.9 Å². The van der Waals surface area contributed by atoms with E-state index in [1.54, 1.807) is 6.92 Å². The van der Waals surface area contributed by atoms with Crippen molar-refractivity contribution < 1.29 is 14.3 Å². The zero-order valence-electron chi connectivity index (χ0n) is 12.9. The predicted molar refractivity (Wildman–Crippen MR) is 90.3 cm³/mol. The molecule has 0 saturated heterocycles. The topological polar surface area (TPSA) is 52.8 Å². The lowest BCUT2D eigenvalue weighted by Gasteiger charge is -2.18. The van der Waals surface area contributed by atoms with Crippen LogP contribution in [0.25, 0.3) is 0 Å². The second-order valence-electron chi connectivity index (χ2n) is 5.18. The molecule has 0 bridgehead atoms. The molecule has 0 aliphatic carbocycles. The molecule has 1 aromatic carbocycles. The van der Waals surface area contributed by atoms with Crippen molar-refractivity contribution in [3.63, 3.8) is 0 Å². The quantitative estimate of drug-likeness (QED) is 0.769. The molecule has 0 N–H and O–H groups in total. The molecule has 2 heterocycles. The Labute approximate surface area is 143 Å². The normalized spacial score (nSPS) is 20.0. The SMILES string of the molecule is CCOC(=O)C1N=C(c2ccccc2)OC1c1ccc(Br)n1C. The van der Waals surface area contributed by atoms with Gasteiger partial charge in [0.15, 0.2) is 12.1 Å². The number of esters is 1. The van der Waals surface area contributed by atoms with E-state index in [-0.39, 0.29) is 5.97 Å². The fourth-order valence-corrected chi connectivity index (χ4v) is 2.88. The molecule has 0 amide bonds. The summed E-state index contributed by atoms with van der Waals surface area (Å²) in [4.78, 5) is 16.8. The average Bonchev–Trinajstić information content (AvgIpc) is 3.13. The number of carbonyl (C=O) groups is 1. The third-order valence-electron chi connectivity index (χ3n) is 3.72. The second-order valence-corrected chi connectivity index (χ2v) is 5.99. The van der Waals surface area contributed by atoms with Crippen LogP contribution in [0.3, 0.4) is 0 Å². The molecule has 0 radical (unpaired) electrons. The van der Waals surface area contributed by atoms with Crippen molar-refractivity contribution in [2.75, 3.05) is 6.61 Å². The summed E-state index contributed by atoms with van der Waals surface area (Å²) in [5.41, 5.74) is 1.71. The molecule has 3 rings (SSSR count). The number of hydrogen-bond donors (Lipinski definition) is 0. The van der Waals surface area contributed by atoms with Crippen LogP contribution in [0.15, 0.2) is 52.1 Å². The number of benzene rings is 1. The number of ether oxygens (including phenoxy) is 2. The molecule has 1 aliphatic rings. The monoisotopic (exact) mass is 376 g/mol. The largest absolute Gasteiger partial charge is 0.465 e. The van der Waals surface area contributed by atoms with Crippen molar-refractivity contribution in [1.29, 1.82) is 0 Å². The first kappa shape index (κ1) is 15.8. The highest BCUT2D eigenvalue weighted by atomic mass is 79.9.